The summed E-state index contributed by atoms with van der Waals surface area (Å²) in [5, 5.41) is 14.8. The molecular formula is C5H12N4O4. The molecule has 1 saturated heterocycles. The topological polar surface area (TPSA) is 130 Å². The van der Waals surface area contributed by atoms with Crippen LogP contribution < -0.4 is 11.5 Å². The minimum Gasteiger partial charge on any atom is -0.375 e. The maximum atomic E-state index is 8.25. The first kappa shape index (κ1) is 11.4. The van der Waals surface area contributed by atoms with E-state index in [1.165, 1.54) is 0 Å². The van der Waals surface area contributed by atoms with Gasteiger partial charge in [-0.3, -0.25) is 16.0 Å². The minimum absolute atomic E-state index is 0.401. The lowest BCUT2D eigenvalue weighted by Gasteiger charge is -2.14. The zero-order chi connectivity index (χ0) is 10.3. The Morgan fingerprint density at radius 1 is 1.31 bits per heavy atom. The van der Waals surface area contributed by atoms with Gasteiger partial charge in [-0.05, 0) is 0 Å². The number of morpholine rings is 1. The highest BCUT2D eigenvalue weighted by Crippen LogP contribution is 1.86. The van der Waals surface area contributed by atoms with Crippen molar-refractivity contribution in [3.05, 3.63) is 15.3 Å². The van der Waals surface area contributed by atoms with Crippen LogP contribution in [-0.2, 0) is 4.74 Å². The van der Waals surface area contributed by atoms with Crippen LogP contribution in [0.4, 0.5) is 0 Å². The molecule has 0 bridgehead atoms. The first-order valence-electron chi connectivity index (χ1n) is 3.56. The molecule has 0 amide bonds. The third-order valence-electron chi connectivity index (χ3n) is 1.38. The number of guanidine groups is 1. The maximum absolute atomic E-state index is 8.25. The Hall–Kier alpha value is -1.57. The lowest BCUT2D eigenvalue weighted by Crippen LogP contribution is -2.41. The first-order valence-corrected chi connectivity index (χ1v) is 3.56. The van der Waals surface area contributed by atoms with E-state index in [1.54, 1.807) is 0 Å². The Morgan fingerprint density at radius 2 is 1.69 bits per heavy atom. The van der Waals surface area contributed by atoms with Crippen LogP contribution in [0, 0.1) is 15.3 Å². The fraction of sp³-hybridized carbons (Fsp3) is 0.800. The van der Waals surface area contributed by atoms with Crippen LogP contribution in [0.2, 0.25) is 0 Å². The van der Waals surface area contributed by atoms with Crippen molar-refractivity contribution in [2.75, 3.05) is 26.3 Å². The van der Waals surface area contributed by atoms with Crippen LogP contribution in [0.3, 0.4) is 0 Å². The van der Waals surface area contributed by atoms with Gasteiger partial charge < -0.3 is 20.1 Å². The SMILES string of the molecule is NC(N)=[N+]1CCOCC1.O=[N+]([O-])[O-]. The highest BCUT2D eigenvalue weighted by atomic mass is 16.9. The molecule has 0 aromatic rings. The van der Waals surface area contributed by atoms with Crippen LogP contribution in [0.5, 0.6) is 0 Å². The van der Waals surface area contributed by atoms with Crippen LogP contribution in [-0.4, -0.2) is 41.9 Å². The Labute approximate surface area is 74.5 Å². The van der Waals surface area contributed by atoms with Gasteiger partial charge in [0.05, 0.1) is 31.4 Å². The van der Waals surface area contributed by atoms with E-state index in [1.807, 2.05) is 4.58 Å². The van der Waals surface area contributed by atoms with Gasteiger partial charge in [0, 0.05) is 0 Å². The number of nitrogens with zero attached hydrogens (tertiary/aromatic N) is 2. The summed E-state index contributed by atoms with van der Waals surface area (Å²) in [5.74, 6) is 0.401. The summed E-state index contributed by atoms with van der Waals surface area (Å²) in [4.78, 5) is 8.25. The summed E-state index contributed by atoms with van der Waals surface area (Å²) in [6.45, 7) is 3.11. The van der Waals surface area contributed by atoms with Gasteiger partial charge in [0.1, 0.15) is 0 Å². The predicted molar refractivity (Wildman–Crippen MR) is 44.6 cm³/mol. The molecule has 13 heavy (non-hydrogen) atoms. The normalized spacial score (nSPS) is 15.5. The van der Waals surface area contributed by atoms with Crippen molar-refractivity contribution in [3.63, 3.8) is 0 Å². The van der Waals surface area contributed by atoms with Crippen molar-refractivity contribution < 1.29 is 14.4 Å². The second-order valence-electron chi connectivity index (χ2n) is 2.25. The average Bonchev–Trinajstić information content (AvgIpc) is 2.05. The second kappa shape index (κ2) is 6.00. The van der Waals surface area contributed by atoms with Crippen molar-refractivity contribution in [1.82, 2.24) is 0 Å². The van der Waals surface area contributed by atoms with E-state index >= 15 is 0 Å². The number of nitrogens with two attached hydrogens (primary N) is 2. The molecular weight excluding hydrogens is 180 g/mol. The lowest BCUT2D eigenvalue weighted by atomic mass is 10.5. The highest BCUT2D eigenvalue weighted by Gasteiger charge is 2.08. The van der Waals surface area contributed by atoms with Gasteiger partial charge in [-0.1, -0.05) is 0 Å². The molecule has 1 aliphatic rings. The van der Waals surface area contributed by atoms with Crippen molar-refractivity contribution in [3.8, 4) is 0 Å². The van der Waals surface area contributed by atoms with Crippen molar-refractivity contribution in [1.29, 1.82) is 0 Å². The molecule has 1 heterocycles. The molecule has 0 atom stereocenters. The molecule has 4 N–H and O–H groups in total. The summed E-state index contributed by atoms with van der Waals surface area (Å²) >= 11 is 0. The molecule has 0 spiro atoms. The van der Waals surface area contributed by atoms with Gasteiger partial charge in [-0.2, -0.15) is 0 Å². The van der Waals surface area contributed by atoms with Gasteiger partial charge in [0.15, 0.2) is 0 Å². The molecule has 1 rings (SSSR count). The Kier molecular flexibility index (Phi) is 5.28. The van der Waals surface area contributed by atoms with Crippen molar-refractivity contribution >= 4 is 5.96 Å². The van der Waals surface area contributed by atoms with Gasteiger partial charge in [0.25, 0.3) is 0 Å². The van der Waals surface area contributed by atoms with Gasteiger partial charge in [-0.25, -0.2) is 0 Å². The summed E-state index contributed by atoms with van der Waals surface area (Å²) in [5.41, 5.74) is 10.7. The first-order chi connectivity index (χ1) is 6.04. The van der Waals surface area contributed by atoms with Crippen molar-refractivity contribution in [2.45, 2.75) is 0 Å². The number of hydrogen-bond donors (Lipinski definition) is 2. The fourth-order valence-corrected chi connectivity index (χ4v) is 0.822. The van der Waals surface area contributed by atoms with E-state index in [9.17, 15) is 0 Å². The smallest absolute Gasteiger partial charge is 0.341 e. The number of hydrogen-bond acceptors (Lipinski definition) is 4. The molecule has 0 aliphatic carbocycles. The third kappa shape index (κ3) is 6.81. The summed E-state index contributed by atoms with van der Waals surface area (Å²) in [6, 6.07) is 0. The van der Waals surface area contributed by atoms with E-state index in [0.29, 0.717) is 5.96 Å². The molecule has 0 saturated carbocycles. The monoisotopic (exact) mass is 192 g/mol. The zero-order valence-electron chi connectivity index (χ0n) is 7.01. The molecule has 0 unspecified atom stereocenters. The number of ether oxygens (including phenoxy) is 1. The van der Waals surface area contributed by atoms with E-state index in [-0.39, 0.29) is 0 Å². The lowest BCUT2D eigenvalue weighted by molar-refractivity contribution is -0.550. The predicted octanol–water partition coefficient (Wildman–Crippen LogP) is -1.94. The maximum Gasteiger partial charge on any atom is 0.341 e. The summed E-state index contributed by atoms with van der Waals surface area (Å²) < 4.78 is 6.99. The Bertz CT molecular complexity index is 189. The van der Waals surface area contributed by atoms with Gasteiger partial charge in [0.2, 0.25) is 0 Å². The summed E-state index contributed by atoms with van der Waals surface area (Å²) in [6.07, 6.45) is 0. The second-order valence-corrected chi connectivity index (χ2v) is 2.25. The summed E-state index contributed by atoms with van der Waals surface area (Å²) in [7, 11) is 0. The molecule has 1 aliphatic heterocycles. The molecule has 0 radical (unpaired) electrons. The van der Waals surface area contributed by atoms with E-state index in [0.717, 1.165) is 26.3 Å². The third-order valence-corrected chi connectivity index (χ3v) is 1.38. The molecule has 76 valence electrons. The largest absolute Gasteiger partial charge is 0.375 e. The van der Waals surface area contributed by atoms with Crippen LogP contribution >= 0.6 is 0 Å². The van der Waals surface area contributed by atoms with Gasteiger partial charge >= 0.3 is 5.96 Å². The van der Waals surface area contributed by atoms with E-state index < -0.39 is 5.09 Å². The van der Waals surface area contributed by atoms with Crippen LogP contribution in [0.25, 0.3) is 0 Å². The standard InChI is InChI=1S/C5H11N3O.NO3/c6-5(7)8-1-3-9-4-2-8;2-1(3)4/h1-4H2,(H3,6,7);/q;-1/p+1. The van der Waals surface area contributed by atoms with Gasteiger partial charge in [-0.15, -0.1) is 0 Å². The quantitative estimate of drug-likeness (QED) is 0.199. The average molecular weight is 192 g/mol. The Balaban J connectivity index is 0.000000310. The Morgan fingerprint density at radius 3 is 1.92 bits per heavy atom. The van der Waals surface area contributed by atoms with E-state index in [2.05, 4.69) is 0 Å². The fourth-order valence-electron chi connectivity index (χ4n) is 0.822. The van der Waals surface area contributed by atoms with Crippen molar-refractivity contribution in [2.24, 2.45) is 11.5 Å². The molecule has 0 aromatic heterocycles. The van der Waals surface area contributed by atoms with Crippen LogP contribution in [0.1, 0.15) is 0 Å². The molecule has 0 aromatic carbocycles. The number of rotatable bonds is 0. The zero-order valence-corrected chi connectivity index (χ0v) is 7.01. The molecule has 8 nitrogen and oxygen atoms in total. The van der Waals surface area contributed by atoms with E-state index in [4.69, 9.17) is 31.5 Å². The highest BCUT2D eigenvalue weighted by molar-refractivity contribution is 5.70. The van der Waals surface area contributed by atoms with Crippen LogP contribution in [0.15, 0.2) is 0 Å². The molecule has 1 fully saturated rings. The minimum atomic E-state index is -1.75. The molecule has 8 heteroatoms.